The van der Waals surface area contributed by atoms with E-state index in [2.05, 4.69) is 28.6 Å². The molecule has 2 aliphatic heterocycles. The molecule has 0 radical (unpaired) electrons. The van der Waals surface area contributed by atoms with Gasteiger partial charge >= 0.3 is 0 Å². The number of carbonyl (C=O) groups excluding carboxylic acids is 1. The van der Waals surface area contributed by atoms with Gasteiger partial charge in [-0.1, -0.05) is 19.1 Å². The molecule has 29 heavy (non-hydrogen) atoms. The lowest BCUT2D eigenvalue weighted by atomic mass is 9.91. The summed E-state index contributed by atoms with van der Waals surface area (Å²) < 4.78 is 6.09. The molecule has 3 aliphatic rings. The molecule has 0 spiro atoms. The third-order valence-electron chi connectivity index (χ3n) is 6.24. The Kier molecular flexibility index (Phi) is 6.00. The fourth-order valence-corrected chi connectivity index (χ4v) is 4.33. The first-order chi connectivity index (χ1) is 14.2. The van der Waals surface area contributed by atoms with Crippen LogP contribution in [0.1, 0.15) is 43.2 Å². The Balaban J connectivity index is 1.49. The lowest BCUT2D eigenvalue weighted by Gasteiger charge is -2.36. The molecule has 4 rings (SSSR count). The molecule has 0 bridgehead atoms. The molecule has 2 fully saturated rings. The van der Waals surface area contributed by atoms with Gasteiger partial charge in [-0.05, 0) is 55.4 Å². The molecule has 2 N–H and O–H groups in total. The lowest BCUT2D eigenvalue weighted by Crippen LogP contribution is -2.41. The lowest BCUT2D eigenvalue weighted by molar-refractivity contribution is -0.125. The van der Waals surface area contributed by atoms with Crippen molar-refractivity contribution in [1.82, 2.24) is 9.80 Å². The van der Waals surface area contributed by atoms with Gasteiger partial charge in [0.1, 0.15) is 5.75 Å². The van der Waals surface area contributed by atoms with Crippen LogP contribution in [0.4, 0.5) is 0 Å². The van der Waals surface area contributed by atoms with E-state index in [0.717, 1.165) is 44.1 Å². The minimum absolute atomic E-state index is 0.0565. The number of nitrogens with zero attached hydrogens (tertiary/aromatic N) is 3. The summed E-state index contributed by atoms with van der Waals surface area (Å²) in [5.74, 6) is 1.09. The van der Waals surface area contributed by atoms with E-state index in [1.54, 1.807) is 4.90 Å². The molecule has 1 saturated carbocycles. The quantitative estimate of drug-likeness (QED) is 0.616. The van der Waals surface area contributed by atoms with Crippen molar-refractivity contribution in [3.63, 3.8) is 0 Å². The van der Waals surface area contributed by atoms with Crippen LogP contribution in [0.15, 0.2) is 47.9 Å². The van der Waals surface area contributed by atoms with Gasteiger partial charge in [0.2, 0.25) is 11.8 Å². The second-order valence-electron chi connectivity index (χ2n) is 8.02. The molecule has 0 unspecified atom stereocenters. The second-order valence-corrected chi connectivity index (χ2v) is 8.02. The van der Waals surface area contributed by atoms with Crippen molar-refractivity contribution >= 4 is 11.8 Å². The van der Waals surface area contributed by atoms with Crippen molar-refractivity contribution in [3.05, 3.63) is 54.0 Å². The average Bonchev–Trinajstić information content (AvgIpc) is 3.01. The van der Waals surface area contributed by atoms with E-state index < -0.39 is 0 Å². The number of fused-ring (bicyclic) bond motifs is 1. The van der Waals surface area contributed by atoms with Gasteiger partial charge in [-0.2, -0.15) is 0 Å². The highest BCUT2D eigenvalue weighted by molar-refractivity contribution is 5.99. The maximum Gasteiger partial charge on any atom is 0.242 e. The monoisotopic (exact) mass is 394 g/mol. The summed E-state index contributed by atoms with van der Waals surface area (Å²) in [6.45, 7) is 6.94. The molecular weight excluding hydrogens is 364 g/mol. The minimum atomic E-state index is 0.0565. The van der Waals surface area contributed by atoms with Gasteiger partial charge in [-0.3, -0.25) is 9.69 Å². The van der Waals surface area contributed by atoms with Crippen LogP contribution >= 0.6 is 0 Å². The first-order valence-corrected chi connectivity index (χ1v) is 10.6. The van der Waals surface area contributed by atoms with Crippen LogP contribution in [0.2, 0.25) is 0 Å². The molecule has 1 saturated heterocycles. The number of benzene rings is 1. The predicted octanol–water partition coefficient (Wildman–Crippen LogP) is 2.98. The third-order valence-corrected chi connectivity index (χ3v) is 6.24. The molecule has 154 valence electrons. The molecule has 0 atom stereocenters. The number of likely N-dealkylation sites (tertiary alicyclic amines) is 1. The van der Waals surface area contributed by atoms with Crippen LogP contribution < -0.4 is 10.5 Å². The number of hydrogen-bond acceptors (Lipinski definition) is 5. The van der Waals surface area contributed by atoms with E-state index in [9.17, 15) is 4.79 Å². The molecule has 6 nitrogen and oxygen atoms in total. The summed E-state index contributed by atoms with van der Waals surface area (Å²) in [6.07, 6.45) is 10.3. The predicted molar refractivity (Wildman–Crippen MR) is 115 cm³/mol. The van der Waals surface area contributed by atoms with Gasteiger partial charge < -0.3 is 15.4 Å². The summed E-state index contributed by atoms with van der Waals surface area (Å²) in [7, 11) is 0. The molecule has 1 aromatic carbocycles. The highest BCUT2D eigenvalue weighted by Gasteiger charge is 2.28. The van der Waals surface area contributed by atoms with E-state index in [4.69, 9.17) is 10.5 Å². The van der Waals surface area contributed by atoms with Gasteiger partial charge in [-0.15, -0.1) is 0 Å². The molecule has 0 aromatic heterocycles. The van der Waals surface area contributed by atoms with Gasteiger partial charge in [0.05, 0.1) is 5.70 Å². The number of aliphatic imine (C=N–C) groups is 1. The molecule has 1 aromatic rings. The first-order valence-electron chi connectivity index (χ1n) is 10.6. The van der Waals surface area contributed by atoms with E-state index in [1.165, 1.54) is 42.8 Å². The highest BCUT2D eigenvalue weighted by atomic mass is 16.5. The number of hydrogen-bond donors (Lipinski definition) is 1. The second kappa shape index (κ2) is 8.82. The zero-order chi connectivity index (χ0) is 20.2. The summed E-state index contributed by atoms with van der Waals surface area (Å²) in [5, 5.41) is 0. The van der Waals surface area contributed by atoms with Gasteiger partial charge in [-0.25, -0.2) is 4.99 Å². The largest absolute Gasteiger partial charge is 0.437 e. The Morgan fingerprint density at radius 2 is 1.93 bits per heavy atom. The van der Waals surface area contributed by atoms with Crippen molar-refractivity contribution < 1.29 is 9.53 Å². The van der Waals surface area contributed by atoms with Crippen LogP contribution in [-0.2, 0) is 17.6 Å². The summed E-state index contributed by atoms with van der Waals surface area (Å²) in [6, 6.07) is 7.04. The zero-order valence-corrected chi connectivity index (χ0v) is 17.0. The van der Waals surface area contributed by atoms with Gasteiger partial charge in [0.15, 0.2) is 0 Å². The Hall–Kier alpha value is -2.60. The Bertz CT molecular complexity index is 841. The minimum Gasteiger partial charge on any atom is -0.437 e. The van der Waals surface area contributed by atoms with Crippen molar-refractivity contribution in [2.24, 2.45) is 10.7 Å². The number of carbonyl (C=O) groups is 1. The smallest absolute Gasteiger partial charge is 0.242 e. The molecule has 2 heterocycles. The fourth-order valence-electron chi connectivity index (χ4n) is 4.33. The fraction of sp³-hybridized carbons (Fsp3) is 0.478. The Labute approximate surface area is 172 Å². The van der Waals surface area contributed by atoms with Crippen molar-refractivity contribution in [1.29, 1.82) is 0 Å². The van der Waals surface area contributed by atoms with Crippen LogP contribution in [0, 0.1) is 0 Å². The number of ether oxygens (including phenoxy) is 1. The number of nitrogens with two attached hydrogens (primary N) is 1. The maximum atomic E-state index is 12.1. The first kappa shape index (κ1) is 19.7. The number of amides is 1. The van der Waals surface area contributed by atoms with Crippen LogP contribution in [0.5, 0.6) is 5.75 Å². The van der Waals surface area contributed by atoms with Gasteiger partial charge in [0, 0.05) is 44.5 Å². The Morgan fingerprint density at radius 3 is 2.59 bits per heavy atom. The summed E-state index contributed by atoms with van der Waals surface area (Å²) in [4.78, 5) is 20.7. The van der Waals surface area contributed by atoms with Crippen molar-refractivity contribution in [3.8, 4) is 5.75 Å². The molecule has 6 heteroatoms. The van der Waals surface area contributed by atoms with Crippen molar-refractivity contribution in [2.45, 2.75) is 51.0 Å². The summed E-state index contributed by atoms with van der Waals surface area (Å²) in [5.41, 5.74) is 8.67. The van der Waals surface area contributed by atoms with E-state index in [1.807, 2.05) is 6.07 Å². The van der Waals surface area contributed by atoms with E-state index in [0.29, 0.717) is 24.6 Å². The SMILES string of the molecule is C=C(C(=N/C=C\N)Oc1ccc2c(c1)CCN(C1CCC1)CC2)N1CCCC1=O. The van der Waals surface area contributed by atoms with Gasteiger partial charge in [0.25, 0.3) is 0 Å². The standard InChI is InChI=1S/C23H30N4O2/c1-17(27-13-3-6-22(27)28)23(25-12-11-24)29-21-8-7-18-9-14-26(20-4-2-5-20)15-10-19(18)16-21/h7-8,11-12,16,20H,1-6,9-10,13-15,24H2/b12-11-,25-23?. The highest BCUT2D eigenvalue weighted by Crippen LogP contribution is 2.29. The van der Waals surface area contributed by atoms with E-state index >= 15 is 0 Å². The topological polar surface area (TPSA) is 71.2 Å². The number of rotatable bonds is 5. The summed E-state index contributed by atoms with van der Waals surface area (Å²) >= 11 is 0. The maximum absolute atomic E-state index is 12.1. The van der Waals surface area contributed by atoms with Crippen LogP contribution in [0.3, 0.4) is 0 Å². The van der Waals surface area contributed by atoms with Crippen LogP contribution in [0.25, 0.3) is 0 Å². The molecule has 1 amide bonds. The molecule has 1 aliphatic carbocycles. The van der Waals surface area contributed by atoms with Crippen LogP contribution in [-0.4, -0.2) is 47.3 Å². The van der Waals surface area contributed by atoms with E-state index in [-0.39, 0.29) is 5.91 Å². The average molecular weight is 395 g/mol. The normalized spacial score (nSPS) is 21.2. The van der Waals surface area contributed by atoms with Crippen molar-refractivity contribution in [2.75, 3.05) is 19.6 Å². The zero-order valence-electron chi connectivity index (χ0n) is 17.0. The molecular formula is C23H30N4O2. The Morgan fingerprint density at radius 1 is 1.14 bits per heavy atom. The third kappa shape index (κ3) is 4.37.